The van der Waals surface area contributed by atoms with E-state index in [0.29, 0.717) is 12.5 Å². The second-order valence-electron chi connectivity index (χ2n) is 5.34. The van der Waals surface area contributed by atoms with Crippen LogP contribution in [0.15, 0.2) is 24.3 Å². The van der Waals surface area contributed by atoms with Crippen molar-refractivity contribution in [3.8, 4) is 0 Å². The summed E-state index contributed by atoms with van der Waals surface area (Å²) in [4.78, 5) is 10.8. The lowest BCUT2D eigenvalue weighted by Gasteiger charge is -2.35. The predicted molar refractivity (Wildman–Crippen MR) is 75.7 cm³/mol. The van der Waals surface area contributed by atoms with Gasteiger partial charge in [-0.1, -0.05) is 31.9 Å². The van der Waals surface area contributed by atoms with Crippen LogP contribution in [-0.2, 0) is 9.47 Å². The Labute approximate surface area is 119 Å². The summed E-state index contributed by atoms with van der Waals surface area (Å²) in [5, 5.41) is 8.88. The Balaban J connectivity index is 1.96. The maximum atomic E-state index is 10.8. The number of hydrogen-bond donors (Lipinski definition) is 1. The van der Waals surface area contributed by atoms with Crippen molar-refractivity contribution in [2.45, 2.75) is 45.5 Å². The van der Waals surface area contributed by atoms with E-state index in [0.717, 1.165) is 12.0 Å². The maximum Gasteiger partial charge on any atom is 0.335 e. The van der Waals surface area contributed by atoms with Crippen LogP contribution >= 0.6 is 0 Å². The van der Waals surface area contributed by atoms with Gasteiger partial charge in [0.15, 0.2) is 6.29 Å². The highest BCUT2D eigenvalue weighted by molar-refractivity contribution is 5.87. The van der Waals surface area contributed by atoms with Crippen molar-refractivity contribution in [2.24, 2.45) is 5.92 Å². The van der Waals surface area contributed by atoms with E-state index in [-0.39, 0.29) is 18.0 Å². The van der Waals surface area contributed by atoms with Crippen LogP contribution in [0.1, 0.15) is 55.3 Å². The third-order valence-corrected chi connectivity index (χ3v) is 3.82. The van der Waals surface area contributed by atoms with Gasteiger partial charge in [-0.25, -0.2) is 4.79 Å². The molecular weight excluding hydrogens is 256 g/mol. The van der Waals surface area contributed by atoms with Gasteiger partial charge in [0, 0.05) is 11.5 Å². The predicted octanol–water partition coefficient (Wildman–Crippen LogP) is 3.63. The summed E-state index contributed by atoms with van der Waals surface area (Å²) < 4.78 is 11.7. The van der Waals surface area contributed by atoms with E-state index >= 15 is 0 Å². The van der Waals surface area contributed by atoms with Crippen LogP contribution in [0, 0.1) is 5.92 Å². The zero-order valence-corrected chi connectivity index (χ0v) is 12.0. The number of benzene rings is 1. The first-order valence-electron chi connectivity index (χ1n) is 7.22. The molecule has 2 rings (SSSR count). The average Bonchev–Trinajstić information content (AvgIpc) is 2.46. The Morgan fingerprint density at radius 3 is 2.60 bits per heavy atom. The average molecular weight is 278 g/mol. The molecule has 3 atom stereocenters. The van der Waals surface area contributed by atoms with Crippen LogP contribution in [0.5, 0.6) is 0 Å². The Kier molecular flexibility index (Phi) is 5.15. The van der Waals surface area contributed by atoms with Gasteiger partial charge in [0.05, 0.1) is 18.3 Å². The fourth-order valence-electron chi connectivity index (χ4n) is 2.43. The van der Waals surface area contributed by atoms with Crippen molar-refractivity contribution in [1.82, 2.24) is 0 Å². The molecule has 0 aliphatic carbocycles. The lowest BCUT2D eigenvalue weighted by Crippen LogP contribution is -2.34. The molecule has 110 valence electrons. The molecule has 0 aromatic heterocycles. The fraction of sp³-hybridized carbons (Fsp3) is 0.562. The Bertz CT molecular complexity index is 440. The van der Waals surface area contributed by atoms with Crippen LogP contribution in [0.4, 0.5) is 0 Å². The van der Waals surface area contributed by atoms with Gasteiger partial charge in [0.25, 0.3) is 0 Å². The molecule has 0 spiro atoms. The van der Waals surface area contributed by atoms with E-state index in [2.05, 4.69) is 13.8 Å². The van der Waals surface area contributed by atoms with Gasteiger partial charge < -0.3 is 14.6 Å². The molecule has 3 unspecified atom stereocenters. The second-order valence-corrected chi connectivity index (χ2v) is 5.34. The second kappa shape index (κ2) is 6.86. The van der Waals surface area contributed by atoms with Gasteiger partial charge >= 0.3 is 5.97 Å². The number of rotatable bonds is 5. The van der Waals surface area contributed by atoms with E-state index < -0.39 is 5.97 Å². The minimum atomic E-state index is -0.921. The summed E-state index contributed by atoms with van der Waals surface area (Å²) >= 11 is 0. The van der Waals surface area contributed by atoms with Gasteiger partial charge in [-0.3, -0.25) is 0 Å². The summed E-state index contributed by atoms with van der Waals surface area (Å²) in [7, 11) is 0. The minimum Gasteiger partial charge on any atom is -0.478 e. The van der Waals surface area contributed by atoms with E-state index in [4.69, 9.17) is 14.6 Å². The first kappa shape index (κ1) is 15.0. The maximum absolute atomic E-state index is 10.8. The standard InChI is InChI=1S/C16H22O4/c1-3-4-5-14-10-19-16(20-11(14)2)13-8-6-12(7-9-13)15(17)18/h6-9,11,14,16H,3-5,10H2,1-2H3,(H,17,18). The molecule has 1 fully saturated rings. The lowest BCUT2D eigenvalue weighted by molar-refractivity contribution is -0.237. The highest BCUT2D eigenvalue weighted by Gasteiger charge is 2.29. The van der Waals surface area contributed by atoms with Crippen LogP contribution in [-0.4, -0.2) is 23.8 Å². The van der Waals surface area contributed by atoms with Crippen molar-refractivity contribution >= 4 is 5.97 Å². The summed E-state index contributed by atoms with van der Waals surface area (Å²) in [5.41, 5.74) is 1.15. The number of carboxylic acid groups (broad SMARTS) is 1. The SMILES string of the molecule is CCCCC1COC(c2ccc(C(=O)O)cc2)OC1C. The van der Waals surface area contributed by atoms with Crippen LogP contribution in [0.3, 0.4) is 0 Å². The van der Waals surface area contributed by atoms with Gasteiger partial charge in [-0.2, -0.15) is 0 Å². The summed E-state index contributed by atoms with van der Waals surface area (Å²) in [6.07, 6.45) is 3.29. The normalized spacial score (nSPS) is 26.4. The van der Waals surface area contributed by atoms with Gasteiger partial charge in [0.2, 0.25) is 0 Å². The molecule has 1 N–H and O–H groups in total. The number of aromatic carboxylic acids is 1. The van der Waals surface area contributed by atoms with E-state index in [1.807, 2.05) is 0 Å². The van der Waals surface area contributed by atoms with Gasteiger partial charge in [-0.15, -0.1) is 0 Å². The van der Waals surface area contributed by atoms with Crippen LogP contribution in [0.2, 0.25) is 0 Å². The van der Waals surface area contributed by atoms with E-state index in [1.165, 1.54) is 12.8 Å². The molecule has 1 saturated heterocycles. The molecule has 1 heterocycles. The molecule has 1 aliphatic rings. The largest absolute Gasteiger partial charge is 0.478 e. The molecule has 1 aromatic carbocycles. The van der Waals surface area contributed by atoms with Crippen LogP contribution in [0.25, 0.3) is 0 Å². The van der Waals surface area contributed by atoms with Gasteiger partial charge in [-0.05, 0) is 25.5 Å². The van der Waals surface area contributed by atoms with Crippen LogP contribution < -0.4 is 0 Å². The fourth-order valence-corrected chi connectivity index (χ4v) is 2.43. The number of unbranched alkanes of at least 4 members (excludes halogenated alkanes) is 1. The molecule has 1 aliphatic heterocycles. The van der Waals surface area contributed by atoms with Crippen molar-refractivity contribution in [1.29, 1.82) is 0 Å². The van der Waals surface area contributed by atoms with Crippen molar-refractivity contribution in [3.05, 3.63) is 35.4 Å². The monoisotopic (exact) mass is 278 g/mol. The van der Waals surface area contributed by atoms with E-state index in [1.54, 1.807) is 24.3 Å². The molecule has 0 saturated carbocycles. The first-order chi connectivity index (χ1) is 9.61. The lowest BCUT2D eigenvalue weighted by atomic mass is 9.96. The molecule has 4 heteroatoms. The molecule has 0 bridgehead atoms. The zero-order chi connectivity index (χ0) is 14.5. The number of carboxylic acids is 1. The summed E-state index contributed by atoms with van der Waals surface area (Å²) in [6, 6.07) is 6.68. The number of hydrogen-bond acceptors (Lipinski definition) is 3. The molecule has 20 heavy (non-hydrogen) atoms. The molecular formula is C16H22O4. The van der Waals surface area contributed by atoms with Crippen molar-refractivity contribution < 1.29 is 19.4 Å². The minimum absolute atomic E-state index is 0.166. The Morgan fingerprint density at radius 2 is 2.05 bits per heavy atom. The first-order valence-corrected chi connectivity index (χ1v) is 7.22. The third kappa shape index (κ3) is 3.58. The Morgan fingerprint density at radius 1 is 1.35 bits per heavy atom. The Hall–Kier alpha value is -1.39. The summed E-state index contributed by atoms with van der Waals surface area (Å²) in [6.45, 7) is 4.97. The summed E-state index contributed by atoms with van der Waals surface area (Å²) in [5.74, 6) is -0.473. The molecule has 4 nitrogen and oxygen atoms in total. The third-order valence-electron chi connectivity index (χ3n) is 3.82. The highest BCUT2D eigenvalue weighted by Crippen LogP contribution is 2.31. The molecule has 1 aromatic rings. The highest BCUT2D eigenvalue weighted by atomic mass is 16.7. The smallest absolute Gasteiger partial charge is 0.335 e. The topological polar surface area (TPSA) is 55.8 Å². The number of ether oxygens (including phenoxy) is 2. The van der Waals surface area contributed by atoms with E-state index in [9.17, 15) is 4.79 Å². The van der Waals surface area contributed by atoms with Crippen molar-refractivity contribution in [3.63, 3.8) is 0 Å². The molecule has 0 radical (unpaired) electrons. The van der Waals surface area contributed by atoms with Crippen molar-refractivity contribution in [2.75, 3.05) is 6.61 Å². The van der Waals surface area contributed by atoms with Gasteiger partial charge in [0.1, 0.15) is 0 Å². The number of carbonyl (C=O) groups is 1. The molecule has 0 amide bonds. The zero-order valence-electron chi connectivity index (χ0n) is 12.0. The quantitative estimate of drug-likeness (QED) is 0.893.